The lowest BCUT2D eigenvalue weighted by molar-refractivity contribution is 0.669. The van der Waals surface area contributed by atoms with Crippen molar-refractivity contribution in [2.24, 2.45) is 0 Å². The summed E-state index contributed by atoms with van der Waals surface area (Å²) in [7, 11) is 0. The van der Waals surface area contributed by atoms with Crippen LogP contribution in [0.1, 0.15) is 0 Å². The highest BCUT2D eigenvalue weighted by Crippen LogP contribution is 2.51. The van der Waals surface area contributed by atoms with E-state index >= 15 is 0 Å². The molecular weight excluding hydrogens is 513 g/mol. The van der Waals surface area contributed by atoms with E-state index in [1.165, 1.54) is 74.1 Å². The van der Waals surface area contributed by atoms with Gasteiger partial charge in [-0.15, -0.1) is 11.3 Å². The van der Waals surface area contributed by atoms with Crippen LogP contribution in [0.15, 0.2) is 136 Å². The fourth-order valence-corrected chi connectivity index (χ4v) is 8.42. The number of hydrogen-bond donors (Lipinski definition) is 0. The van der Waals surface area contributed by atoms with Crippen molar-refractivity contribution >= 4 is 66.6 Å². The minimum absolute atomic E-state index is 0.936. The van der Waals surface area contributed by atoms with E-state index in [1.807, 2.05) is 23.1 Å². The minimum atomic E-state index is 0.936. The summed E-state index contributed by atoms with van der Waals surface area (Å²) in [6.45, 7) is 0. The number of furan rings is 1. The Morgan fingerprint density at radius 1 is 0.410 bits per heavy atom. The maximum Gasteiger partial charge on any atom is 0.136 e. The topological polar surface area (TPSA) is 13.1 Å². The van der Waals surface area contributed by atoms with Crippen molar-refractivity contribution in [1.82, 2.24) is 0 Å². The van der Waals surface area contributed by atoms with Crippen molar-refractivity contribution in [3.63, 3.8) is 0 Å². The summed E-state index contributed by atoms with van der Waals surface area (Å²) < 4.78 is 6.35. The van der Waals surface area contributed by atoms with Crippen LogP contribution in [0.4, 0.5) is 0 Å². The van der Waals surface area contributed by atoms with E-state index in [-0.39, 0.29) is 0 Å². The molecule has 1 nitrogen and oxygen atoms in total. The number of benzene rings is 6. The standard InChI is InChI=1S/C36H20OS2/c1-2-8-22-21(7-1)15-17-29-35(22)36-27(12-6-13-28(36)37-29)32-20-19-31(38-32)24-16-18-33-34-25(10-5-11-26(24)34)23-9-3-4-14-30(23)39-33/h1-20H. The van der Waals surface area contributed by atoms with Gasteiger partial charge < -0.3 is 4.42 Å². The van der Waals surface area contributed by atoms with Gasteiger partial charge >= 0.3 is 0 Å². The molecule has 0 amide bonds. The maximum atomic E-state index is 6.35. The fourth-order valence-electron chi connectivity index (χ4n) is 6.22. The summed E-state index contributed by atoms with van der Waals surface area (Å²) in [6.07, 6.45) is 0. The molecule has 182 valence electrons. The Morgan fingerprint density at radius 2 is 1.15 bits per heavy atom. The Morgan fingerprint density at radius 3 is 2.13 bits per heavy atom. The molecule has 1 aliphatic heterocycles. The zero-order valence-corrected chi connectivity index (χ0v) is 22.4. The van der Waals surface area contributed by atoms with Crippen molar-refractivity contribution in [1.29, 1.82) is 0 Å². The second-order valence-corrected chi connectivity index (χ2v) is 12.2. The normalized spacial score (nSPS) is 12.5. The van der Waals surface area contributed by atoms with E-state index in [0.29, 0.717) is 0 Å². The lowest BCUT2D eigenvalue weighted by atomic mass is 9.94. The number of rotatable bonds is 2. The molecule has 9 rings (SSSR count). The first-order chi connectivity index (χ1) is 19.3. The van der Waals surface area contributed by atoms with Crippen LogP contribution in [-0.2, 0) is 0 Å². The van der Waals surface area contributed by atoms with Crippen molar-refractivity contribution < 1.29 is 4.42 Å². The zero-order valence-electron chi connectivity index (χ0n) is 20.8. The number of fused-ring (bicyclic) bond motifs is 7. The molecule has 0 N–H and O–H groups in total. The summed E-state index contributed by atoms with van der Waals surface area (Å²) >= 11 is 3.74. The average molecular weight is 533 g/mol. The Bertz CT molecular complexity index is 2270. The Kier molecular flexibility index (Phi) is 4.48. The van der Waals surface area contributed by atoms with Gasteiger partial charge in [0.25, 0.3) is 0 Å². The Balaban J connectivity index is 1.26. The zero-order chi connectivity index (χ0) is 25.5. The second-order valence-electron chi connectivity index (χ2n) is 10.0. The van der Waals surface area contributed by atoms with Crippen LogP contribution in [0.5, 0.6) is 0 Å². The van der Waals surface area contributed by atoms with E-state index in [4.69, 9.17) is 4.42 Å². The summed E-state index contributed by atoms with van der Waals surface area (Å²) in [5.74, 6) is 0. The molecular formula is C36H20OS2. The third-order valence-electron chi connectivity index (χ3n) is 7.92. The number of hydrogen-bond acceptors (Lipinski definition) is 3. The van der Waals surface area contributed by atoms with Crippen LogP contribution >= 0.6 is 23.1 Å². The van der Waals surface area contributed by atoms with Crippen molar-refractivity contribution in [2.45, 2.75) is 9.79 Å². The summed E-state index contributed by atoms with van der Waals surface area (Å²) in [4.78, 5) is 5.21. The molecule has 8 aromatic rings. The first-order valence-corrected chi connectivity index (χ1v) is 14.7. The minimum Gasteiger partial charge on any atom is -0.456 e. The van der Waals surface area contributed by atoms with Crippen LogP contribution in [-0.4, -0.2) is 0 Å². The highest BCUT2D eigenvalue weighted by atomic mass is 32.2. The van der Waals surface area contributed by atoms with E-state index in [1.54, 1.807) is 0 Å². The van der Waals surface area contributed by atoms with E-state index in [9.17, 15) is 0 Å². The predicted molar refractivity (Wildman–Crippen MR) is 167 cm³/mol. The van der Waals surface area contributed by atoms with Gasteiger partial charge in [-0.3, -0.25) is 0 Å². The third-order valence-corrected chi connectivity index (χ3v) is 10.2. The van der Waals surface area contributed by atoms with Gasteiger partial charge in [-0.05, 0) is 69.2 Å². The molecule has 3 heterocycles. The largest absolute Gasteiger partial charge is 0.456 e. The number of thiophene rings is 1. The molecule has 0 saturated carbocycles. The molecule has 2 aromatic heterocycles. The smallest absolute Gasteiger partial charge is 0.136 e. The summed E-state index contributed by atoms with van der Waals surface area (Å²) in [5, 5.41) is 7.55. The summed E-state index contributed by atoms with van der Waals surface area (Å²) in [5.41, 5.74) is 7.06. The van der Waals surface area contributed by atoms with Crippen LogP contribution < -0.4 is 0 Å². The SMILES string of the molecule is c1ccc2c(c1)Sc1ccc(-c3ccc(-c4cccc5oc6ccc7ccccc7c6c45)s3)c3cccc-2c13. The van der Waals surface area contributed by atoms with Gasteiger partial charge in [0.2, 0.25) is 0 Å². The molecule has 0 saturated heterocycles. The van der Waals surface area contributed by atoms with Gasteiger partial charge in [-0.2, -0.15) is 0 Å². The molecule has 39 heavy (non-hydrogen) atoms. The van der Waals surface area contributed by atoms with E-state index in [2.05, 4.69) is 121 Å². The van der Waals surface area contributed by atoms with Crippen LogP contribution in [0.2, 0.25) is 0 Å². The van der Waals surface area contributed by atoms with Gasteiger partial charge in [0.1, 0.15) is 11.2 Å². The molecule has 1 aliphatic rings. The van der Waals surface area contributed by atoms with Gasteiger partial charge in [0, 0.05) is 41.3 Å². The molecule has 0 radical (unpaired) electrons. The molecule has 0 fully saturated rings. The first kappa shape index (κ1) is 21.6. The molecule has 0 bridgehead atoms. The van der Waals surface area contributed by atoms with E-state index < -0.39 is 0 Å². The van der Waals surface area contributed by atoms with Gasteiger partial charge in [-0.25, -0.2) is 0 Å². The van der Waals surface area contributed by atoms with E-state index in [0.717, 1.165) is 11.2 Å². The lowest BCUT2D eigenvalue weighted by Gasteiger charge is -2.21. The molecule has 0 spiro atoms. The molecule has 0 atom stereocenters. The Hall–Kier alpha value is -4.31. The highest BCUT2D eigenvalue weighted by molar-refractivity contribution is 7.99. The fraction of sp³-hybridized carbons (Fsp3) is 0. The van der Waals surface area contributed by atoms with Crippen molar-refractivity contribution in [3.05, 3.63) is 121 Å². The van der Waals surface area contributed by atoms with Gasteiger partial charge in [-0.1, -0.05) is 96.7 Å². The lowest BCUT2D eigenvalue weighted by Crippen LogP contribution is -1.93. The highest BCUT2D eigenvalue weighted by Gasteiger charge is 2.21. The average Bonchev–Trinajstić information content (AvgIpc) is 3.63. The van der Waals surface area contributed by atoms with Crippen molar-refractivity contribution in [3.8, 4) is 32.0 Å². The second kappa shape index (κ2) is 8.09. The third kappa shape index (κ3) is 3.09. The van der Waals surface area contributed by atoms with Crippen LogP contribution in [0, 0.1) is 0 Å². The monoisotopic (exact) mass is 532 g/mol. The maximum absolute atomic E-state index is 6.35. The molecule has 0 unspecified atom stereocenters. The molecule has 0 aliphatic carbocycles. The quantitative estimate of drug-likeness (QED) is 0.220. The predicted octanol–water partition coefficient (Wildman–Crippen LogP) is 11.4. The first-order valence-electron chi connectivity index (χ1n) is 13.1. The molecule has 3 heteroatoms. The van der Waals surface area contributed by atoms with Crippen molar-refractivity contribution in [2.75, 3.05) is 0 Å². The van der Waals surface area contributed by atoms with Gasteiger partial charge in [0.15, 0.2) is 0 Å². The Labute approximate surface area is 233 Å². The van der Waals surface area contributed by atoms with Crippen LogP contribution in [0.3, 0.4) is 0 Å². The summed E-state index contributed by atoms with van der Waals surface area (Å²) in [6, 6.07) is 43.9. The van der Waals surface area contributed by atoms with Gasteiger partial charge in [0.05, 0.1) is 0 Å². The van der Waals surface area contributed by atoms with Crippen LogP contribution in [0.25, 0.3) is 75.5 Å². The molecule has 6 aromatic carbocycles.